The lowest BCUT2D eigenvalue weighted by Crippen LogP contribution is -2.29. The monoisotopic (exact) mass is 447 g/mol. The van der Waals surface area contributed by atoms with Gasteiger partial charge in [-0.05, 0) is 18.2 Å². The third kappa shape index (κ3) is 4.43. The van der Waals surface area contributed by atoms with Gasteiger partial charge in [-0.15, -0.1) is 0 Å². The molecule has 12 nitrogen and oxygen atoms in total. The molecule has 0 spiro atoms. The minimum absolute atomic E-state index is 0.0852. The first-order chi connectivity index (χ1) is 13.9. The van der Waals surface area contributed by atoms with Crippen molar-refractivity contribution in [3.63, 3.8) is 0 Å². The van der Waals surface area contributed by atoms with Gasteiger partial charge in [-0.25, -0.2) is 15.0 Å². The number of hydrogen-bond acceptors (Lipinski definition) is 11. The summed E-state index contributed by atoms with van der Waals surface area (Å²) in [7, 11) is 0. The third-order valence-corrected chi connectivity index (χ3v) is 6.49. The van der Waals surface area contributed by atoms with Gasteiger partial charge in [-0.1, -0.05) is 0 Å². The van der Waals surface area contributed by atoms with Gasteiger partial charge < -0.3 is 39.4 Å². The van der Waals surface area contributed by atoms with Crippen molar-refractivity contribution in [2.24, 2.45) is 0 Å². The molecule has 160 valence electrons. The van der Waals surface area contributed by atoms with Crippen molar-refractivity contribution < 1.29 is 33.6 Å². The molecule has 0 saturated carbocycles. The van der Waals surface area contributed by atoms with Crippen LogP contribution in [0.4, 0.5) is 5.82 Å². The van der Waals surface area contributed by atoms with E-state index in [0.29, 0.717) is 24.2 Å². The predicted octanol–water partition coefficient (Wildman–Crippen LogP) is -0.543. The Morgan fingerprint density at radius 2 is 2.17 bits per heavy atom. The van der Waals surface area contributed by atoms with Crippen LogP contribution < -0.4 is 5.73 Å². The second-order valence-corrected chi connectivity index (χ2v) is 9.59. The number of imidazole rings is 1. The fourth-order valence-corrected chi connectivity index (χ4v) is 4.87. The number of aromatic nitrogens is 4. The van der Waals surface area contributed by atoms with Crippen LogP contribution in [-0.4, -0.2) is 78.9 Å². The summed E-state index contributed by atoms with van der Waals surface area (Å²) in [6.07, 6.45) is 0.369. The zero-order valence-electron chi connectivity index (χ0n) is 15.3. The van der Waals surface area contributed by atoms with E-state index in [1.54, 1.807) is 4.57 Å². The molecule has 14 heteroatoms. The molecule has 6 atom stereocenters. The minimum Gasteiger partial charge on any atom is -0.394 e. The van der Waals surface area contributed by atoms with Crippen LogP contribution in [0.25, 0.3) is 11.2 Å². The molecule has 4 heterocycles. The number of nitrogen functional groups attached to an aromatic ring is 1. The van der Waals surface area contributed by atoms with Gasteiger partial charge in [0.05, 0.1) is 31.7 Å². The summed E-state index contributed by atoms with van der Waals surface area (Å²) in [6.45, 7) is -3.66. The lowest BCUT2D eigenvalue weighted by molar-refractivity contribution is -0.0433. The zero-order chi connectivity index (χ0) is 20.6. The molecule has 2 aliphatic heterocycles. The maximum Gasteiger partial charge on any atom is 0.324 e. The summed E-state index contributed by atoms with van der Waals surface area (Å²) in [5.41, 5.74) is 6.72. The van der Waals surface area contributed by atoms with Crippen LogP contribution in [0.15, 0.2) is 12.7 Å². The van der Waals surface area contributed by atoms with Crippen LogP contribution in [0, 0.1) is 0 Å². The molecule has 5 N–H and O–H groups in total. The van der Waals surface area contributed by atoms with Gasteiger partial charge in [0, 0.05) is 13.0 Å². The van der Waals surface area contributed by atoms with Crippen molar-refractivity contribution in [2.75, 3.05) is 25.6 Å². The number of ether oxygens (including phenoxy) is 2. The lowest BCUT2D eigenvalue weighted by Gasteiger charge is -2.24. The number of hydrogen-bond donors (Lipinski definition) is 4. The SMILES string of the molecule is Nc1ncnc2c1ncn2[C@H]1C[C@@H](OP(O)(=S)OC[C@H]2OCC[C@H]2O)[C@@H](CO)O1. The maximum absolute atomic E-state index is 10.4. The zero-order valence-corrected chi connectivity index (χ0v) is 17.0. The Morgan fingerprint density at radius 3 is 2.90 bits per heavy atom. The minimum atomic E-state index is -3.65. The van der Waals surface area contributed by atoms with Crippen LogP contribution in [0.1, 0.15) is 19.1 Å². The van der Waals surface area contributed by atoms with Crippen molar-refractivity contribution >= 4 is 35.5 Å². The Kier molecular flexibility index (Phi) is 6.11. The highest BCUT2D eigenvalue weighted by Crippen LogP contribution is 2.49. The summed E-state index contributed by atoms with van der Waals surface area (Å²) in [5, 5.41) is 19.4. The normalized spacial score (nSPS) is 32.0. The van der Waals surface area contributed by atoms with Gasteiger partial charge >= 0.3 is 6.72 Å². The Bertz CT molecular complexity index is 916. The Morgan fingerprint density at radius 1 is 1.34 bits per heavy atom. The molecule has 2 aromatic rings. The topological polar surface area (TPSA) is 167 Å². The largest absolute Gasteiger partial charge is 0.394 e. The summed E-state index contributed by atoms with van der Waals surface area (Å²) < 4.78 is 23.8. The quantitative estimate of drug-likeness (QED) is 0.401. The van der Waals surface area contributed by atoms with Gasteiger partial charge in [0.1, 0.15) is 30.3 Å². The number of anilines is 1. The van der Waals surface area contributed by atoms with E-state index in [9.17, 15) is 15.1 Å². The van der Waals surface area contributed by atoms with E-state index in [0.717, 1.165) is 0 Å². The number of rotatable bonds is 7. The standard InChI is InChI=1S/C15H22N5O7PS/c16-14-13-15(18-6-17-14)20(7-19-13)12-3-9(10(4-21)26-12)27-28(23,29)25-5-11-8(22)1-2-24-11/h6-12,21-22H,1-5H2,(H,23,29)(H2,16,17,18)/t8-,9-,10-,11-,12-,28?/m1/s1. The lowest BCUT2D eigenvalue weighted by atomic mass is 10.2. The number of nitrogens with zero attached hydrogens (tertiary/aromatic N) is 4. The Hall–Kier alpha value is -1.28. The highest BCUT2D eigenvalue weighted by Gasteiger charge is 2.41. The van der Waals surface area contributed by atoms with Crippen LogP contribution in [0.2, 0.25) is 0 Å². The number of fused-ring (bicyclic) bond motifs is 1. The van der Waals surface area contributed by atoms with Crippen LogP contribution in [0.5, 0.6) is 0 Å². The molecule has 29 heavy (non-hydrogen) atoms. The number of aliphatic hydroxyl groups is 2. The fourth-order valence-electron chi connectivity index (χ4n) is 3.39. The van der Waals surface area contributed by atoms with E-state index in [1.807, 2.05) is 0 Å². The van der Waals surface area contributed by atoms with Gasteiger partial charge in [0.25, 0.3) is 0 Å². The van der Waals surface area contributed by atoms with E-state index >= 15 is 0 Å². The van der Waals surface area contributed by atoms with Crippen LogP contribution >= 0.6 is 6.72 Å². The van der Waals surface area contributed by atoms with Gasteiger partial charge in [0.2, 0.25) is 0 Å². The fraction of sp³-hybridized carbons (Fsp3) is 0.667. The molecule has 2 fully saturated rings. The first kappa shape index (κ1) is 21.0. The summed E-state index contributed by atoms with van der Waals surface area (Å²) in [4.78, 5) is 22.7. The average molecular weight is 447 g/mol. The molecule has 2 saturated heterocycles. The smallest absolute Gasteiger partial charge is 0.324 e. The number of aliphatic hydroxyl groups excluding tert-OH is 2. The molecule has 0 amide bonds. The van der Waals surface area contributed by atoms with Gasteiger partial charge in [0.15, 0.2) is 11.5 Å². The van der Waals surface area contributed by atoms with Crippen LogP contribution in [-0.2, 0) is 30.3 Å². The molecule has 0 bridgehead atoms. The van der Waals surface area contributed by atoms with E-state index in [-0.39, 0.29) is 25.5 Å². The van der Waals surface area contributed by atoms with Gasteiger partial charge in [-0.2, -0.15) is 0 Å². The molecular weight excluding hydrogens is 425 g/mol. The summed E-state index contributed by atoms with van der Waals surface area (Å²) >= 11 is 5.08. The highest BCUT2D eigenvalue weighted by atomic mass is 32.5. The molecule has 2 aliphatic rings. The first-order valence-electron chi connectivity index (χ1n) is 9.02. The van der Waals surface area contributed by atoms with E-state index in [1.165, 1.54) is 12.7 Å². The highest BCUT2D eigenvalue weighted by molar-refractivity contribution is 8.07. The van der Waals surface area contributed by atoms with Crippen molar-refractivity contribution in [3.05, 3.63) is 12.7 Å². The van der Waals surface area contributed by atoms with Gasteiger partial charge in [-0.3, -0.25) is 4.57 Å². The second kappa shape index (κ2) is 8.46. The van der Waals surface area contributed by atoms with E-state index in [2.05, 4.69) is 15.0 Å². The molecule has 2 aromatic heterocycles. The maximum atomic E-state index is 10.4. The van der Waals surface area contributed by atoms with Crippen molar-refractivity contribution in [2.45, 2.75) is 43.5 Å². The Balaban J connectivity index is 1.43. The van der Waals surface area contributed by atoms with E-state index < -0.39 is 37.4 Å². The molecule has 4 rings (SSSR count). The van der Waals surface area contributed by atoms with Crippen molar-refractivity contribution in [1.82, 2.24) is 19.5 Å². The second-order valence-electron chi connectivity index (χ2n) is 6.80. The number of nitrogens with two attached hydrogens (primary N) is 1. The molecule has 1 unspecified atom stereocenters. The molecule has 0 aromatic carbocycles. The molecular formula is C15H22N5O7PS. The summed E-state index contributed by atoms with van der Waals surface area (Å²) in [6, 6.07) is 0. The average Bonchev–Trinajstić information content (AvgIpc) is 3.38. The Labute approximate surface area is 170 Å². The van der Waals surface area contributed by atoms with Crippen molar-refractivity contribution in [3.8, 4) is 0 Å². The predicted molar refractivity (Wildman–Crippen MR) is 103 cm³/mol. The molecule has 0 radical (unpaired) electrons. The third-order valence-electron chi connectivity index (χ3n) is 4.90. The summed E-state index contributed by atoms with van der Waals surface area (Å²) in [5.74, 6) is 0.244. The molecule has 0 aliphatic carbocycles. The van der Waals surface area contributed by atoms with E-state index in [4.69, 9.17) is 36.1 Å². The van der Waals surface area contributed by atoms with Crippen molar-refractivity contribution in [1.29, 1.82) is 0 Å². The first-order valence-corrected chi connectivity index (χ1v) is 11.6. The van der Waals surface area contributed by atoms with Crippen LogP contribution in [0.3, 0.4) is 0 Å².